The summed E-state index contributed by atoms with van der Waals surface area (Å²) >= 11 is 0. The van der Waals surface area contributed by atoms with Crippen molar-refractivity contribution in [3.05, 3.63) is 35.5 Å². The van der Waals surface area contributed by atoms with E-state index in [-0.39, 0.29) is 5.69 Å². The summed E-state index contributed by atoms with van der Waals surface area (Å²) in [5.41, 5.74) is 1.87. The van der Waals surface area contributed by atoms with Crippen molar-refractivity contribution in [1.29, 1.82) is 0 Å². The van der Waals surface area contributed by atoms with Crippen LogP contribution < -0.4 is 9.57 Å². The number of aromatic carboxylic acids is 1. The maximum absolute atomic E-state index is 11.3. The van der Waals surface area contributed by atoms with Gasteiger partial charge in [0.2, 0.25) is 12.0 Å². The molecule has 2 heterocycles. The highest BCUT2D eigenvalue weighted by molar-refractivity contribution is 5.87. The second-order valence-electron chi connectivity index (χ2n) is 4.96. The predicted molar refractivity (Wildman–Crippen MR) is 67.6 cm³/mol. The Balaban J connectivity index is 2.15. The highest BCUT2D eigenvalue weighted by Gasteiger charge is 2.31. The van der Waals surface area contributed by atoms with Crippen molar-refractivity contribution in [3.8, 4) is 5.82 Å². The summed E-state index contributed by atoms with van der Waals surface area (Å²) in [6, 6.07) is 0. The highest BCUT2D eigenvalue weighted by atomic mass is 16.6. The van der Waals surface area contributed by atoms with Crippen LogP contribution in [-0.4, -0.2) is 33.0 Å². The minimum Gasteiger partial charge on any atom is -0.476 e. The topological polar surface area (TPSA) is 81.1 Å². The Morgan fingerprint density at radius 3 is 3.05 bits per heavy atom. The summed E-state index contributed by atoms with van der Waals surface area (Å²) < 4.78 is 3.10. The molecule has 0 fully saturated rings. The van der Waals surface area contributed by atoms with Crippen LogP contribution in [0.4, 0.5) is 0 Å². The van der Waals surface area contributed by atoms with Gasteiger partial charge >= 0.3 is 5.97 Å². The molecule has 7 nitrogen and oxygen atoms in total. The molecule has 1 atom stereocenters. The van der Waals surface area contributed by atoms with Crippen LogP contribution in [0.25, 0.3) is 5.82 Å². The molecule has 0 radical (unpaired) electrons. The van der Waals surface area contributed by atoms with Crippen molar-refractivity contribution in [2.24, 2.45) is 5.92 Å². The molecule has 20 heavy (non-hydrogen) atoms. The zero-order valence-corrected chi connectivity index (χ0v) is 11.3. The first-order valence-electron chi connectivity index (χ1n) is 6.36. The Labute approximate surface area is 115 Å². The molecule has 3 rings (SSSR count). The lowest BCUT2D eigenvalue weighted by Crippen LogP contribution is -2.40. The molecule has 7 heteroatoms. The van der Waals surface area contributed by atoms with Crippen LogP contribution in [0, 0.1) is 5.92 Å². The predicted octanol–water partition coefficient (Wildman–Crippen LogP) is 0.0461. The highest BCUT2D eigenvalue weighted by Crippen LogP contribution is 2.30. The number of hydrogen-bond donors (Lipinski definition) is 1. The second-order valence-corrected chi connectivity index (χ2v) is 4.96. The van der Waals surface area contributed by atoms with Gasteiger partial charge in [-0.05, 0) is 18.8 Å². The van der Waals surface area contributed by atoms with Gasteiger partial charge in [-0.2, -0.15) is 5.10 Å². The van der Waals surface area contributed by atoms with Gasteiger partial charge in [0, 0.05) is 10.3 Å². The van der Waals surface area contributed by atoms with Crippen molar-refractivity contribution in [1.82, 2.24) is 14.8 Å². The minimum absolute atomic E-state index is 0.124. The molecule has 1 N–H and O–H groups in total. The Morgan fingerprint density at radius 2 is 2.35 bits per heavy atom. The third kappa shape index (κ3) is 1.91. The van der Waals surface area contributed by atoms with Gasteiger partial charge in [-0.3, -0.25) is 4.84 Å². The Kier molecular flexibility index (Phi) is 2.89. The van der Waals surface area contributed by atoms with E-state index in [1.165, 1.54) is 4.73 Å². The van der Waals surface area contributed by atoms with E-state index < -0.39 is 5.97 Å². The monoisotopic (exact) mass is 275 g/mol. The van der Waals surface area contributed by atoms with E-state index in [1.54, 1.807) is 30.4 Å². The van der Waals surface area contributed by atoms with E-state index in [0.717, 1.165) is 24.1 Å². The van der Waals surface area contributed by atoms with Crippen LogP contribution in [0.5, 0.6) is 0 Å². The second kappa shape index (κ2) is 4.59. The fourth-order valence-corrected chi connectivity index (χ4v) is 2.61. The Bertz CT molecular complexity index is 680. The molecule has 0 amide bonds. The Morgan fingerprint density at radius 1 is 1.55 bits per heavy atom. The number of rotatable bonds is 3. The fraction of sp³-hybridized carbons (Fsp3) is 0.385. The number of nitrogens with zero attached hydrogens (tertiary/aromatic N) is 4. The first kappa shape index (κ1) is 12.6. The molecule has 0 bridgehead atoms. The molecular formula is C13H15N4O3+. The zero-order chi connectivity index (χ0) is 14.3. The van der Waals surface area contributed by atoms with Gasteiger partial charge in [0.15, 0.2) is 5.69 Å². The van der Waals surface area contributed by atoms with Crippen LogP contribution in [0.15, 0.2) is 18.6 Å². The summed E-state index contributed by atoms with van der Waals surface area (Å²) in [6.45, 7) is 2.10. The SMILES string of the molecule is CO[n+]1ccnc(-n2nc(C(=O)O)c3c2CC(C)C3)c1. The van der Waals surface area contributed by atoms with E-state index >= 15 is 0 Å². The molecule has 0 spiro atoms. The molecule has 104 valence electrons. The third-order valence-corrected chi connectivity index (χ3v) is 3.48. The van der Waals surface area contributed by atoms with Crippen molar-refractivity contribution in [2.45, 2.75) is 19.8 Å². The average Bonchev–Trinajstić information content (AvgIpc) is 2.95. The van der Waals surface area contributed by atoms with Crippen LogP contribution in [0.3, 0.4) is 0 Å². The number of fused-ring (bicyclic) bond motifs is 1. The normalized spacial score (nSPS) is 17.0. The smallest absolute Gasteiger partial charge is 0.356 e. The van der Waals surface area contributed by atoms with E-state index in [4.69, 9.17) is 4.84 Å². The zero-order valence-electron chi connectivity index (χ0n) is 11.3. The summed E-state index contributed by atoms with van der Waals surface area (Å²) in [7, 11) is 1.54. The van der Waals surface area contributed by atoms with Crippen LogP contribution >= 0.6 is 0 Å². The molecule has 1 aliphatic rings. The number of carbonyl (C=O) groups is 1. The van der Waals surface area contributed by atoms with Crippen LogP contribution in [0.2, 0.25) is 0 Å². The van der Waals surface area contributed by atoms with Gasteiger partial charge in [0.1, 0.15) is 7.11 Å². The molecular weight excluding hydrogens is 260 g/mol. The van der Waals surface area contributed by atoms with Gasteiger partial charge in [-0.15, -0.1) is 0 Å². The summed E-state index contributed by atoms with van der Waals surface area (Å²) in [5.74, 6) is -0.0255. The lowest BCUT2D eigenvalue weighted by atomic mass is 10.1. The minimum atomic E-state index is -0.996. The summed E-state index contributed by atoms with van der Waals surface area (Å²) in [5, 5.41) is 13.5. The van der Waals surface area contributed by atoms with Crippen molar-refractivity contribution < 1.29 is 19.5 Å². The number of carboxylic acids is 1. The van der Waals surface area contributed by atoms with Gasteiger partial charge < -0.3 is 5.11 Å². The first-order valence-corrected chi connectivity index (χ1v) is 6.36. The fourth-order valence-electron chi connectivity index (χ4n) is 2.61. The van der Waals surface area contributed by atoms with Gasteiger partial charge in [-0.1, -0.05) is 6.92 Å². The maximum Gasteiger partial charge on any atom is 0.356 e. The molecule has 2 aromatic rings. The van der Waals surface area contributed by atoms with Crippen LogP contribution in [-0.2, 0) is 12.8 Å². The van der Waals surface area contributed by atoms with E-state index in [2.05, 4.69) is 17.0 Å². The maximum atomic E-state index is 11.3. The molecule has 0 aromatic carbocycles. The summed E-state index contributed by atoms with van der Waals surface area (Å²) in [4.78, 5) is 20.6. The molecule has 1 unspecified atom stereocenters. The number of aromatic nitrogens is 4. The van der Waals surface area contributed by atoms with Gasteiger partial charge in [-0.25, -0.2) is 14.5 Å². The van der Waals surface area contributed by atoms with Crippen molar-refractivity contribution in [3.63, 3.8) is 0 Å². The molecule has 1 aliphatic carbocycles. The van der Waals surface area contributed by atoms with Crippen molar-refractivity contribution >= 4 is 5.97 Å². The van der Waals surface area contributed by atoms with E-state index in [9.17, 15) is 9.90 Å². The lowest BCUT2D eigenvalue weighted by molar-refractivity contribution is -0.885. The van der Waals surface area contributed by atoms with Gasteiger partial charge in [0.25, 0.3) is 6.20 Å². The first-order chi connectivity index (χ1) is 9.60. The van der Waals surface area contributed by atoms with Gasteiger partial charge in [0.05, 0.1) is 11.9 Å². The lowest BCUT2D eigenvalue weighted by Gasteiger charge is -2.04. The quantitative estimate of drug-likeness (QED) is 0.800. The van der Waals surface area contributed by atoms with Crippen LogP contribution in [0.1, 0.15) is 28.7 Å². The molecule has 2 aromatic heterocycles. The molecule has 0 saturated carbocycles. The number of hydrogen-bond acceptors (Lipinski definition) is 4. The standard InChI is InChI=1S/C13H14N4O3/c1-8-5-9-10(6-8)17(15-12(9)13(18)19)11-7-16(20-2)4-3-14-11/h3-4,7-8H,5-6H2,1-2H3/p+1. The van der Waals surface area contributed by atoms with E-state index in [1.807, 2.05) is 0 Å². The molecule has 0 aliphatic heterocycles. The summed E-state index contributed by atoms with van der Waals surface area (Å²) in [6.07, 6.45) is 6.47. The largest absolute Gasteiger partial charge is 0.476 e. The number of carboxylic acid groups (broad SMARTS) is 1. The Hall–Kier alpha value is -2.44. The molecule has 0 saturated heterocycles. The van der Waals surface area contributed by atoms with E-state index in [0.29, 0.717) is 11.7 Å². The average molecular weight is 275 g/mol. The van der Waals surface area contributed by atoms with Crippen molar-refractivity contribution in [2.75, 3.05) is 7.11 Å². The third-order valence-electron chi connectivity index (χ3n) is 3.48.